The molecule has 0 radical (unpaired) electrons. The Morgan fingerprint density at radius 2 is 1.48 bits per heavy atom. The van der Waals surface area contributed by atoms with Crippen LogP contribution in [0.4, 0.5) is 9.59 Å². The van der Waals surface area contributed by atoms with Crippen LogP contribution < -0.4 is 15.2 Å². The van der Waals surface area contributed by atoms with Crippen molar-refractivity contribution in [2.45, 2.75) is 64.7 Å². The molecule has 0 saturated heterocycles. The fraction of sp³-hybridized carbons (Fsp3) is 0.545. The molecule has 0 fully saturated rings. The highest BCUT2D eigenvalue weighted by molar-refractivity contribution is 5.76. The van der Waals surface area contributed by atoms with Gasteiger partial charge < -0.3 is 34.2 Å². The van der Waals surface area contributed by atoms with Crippen LogP contribution in [-0.4, -0.2) is 56.7 Å². The van der Waals surface area contributed by atoms with E-state index in [1.807, 2.05) is 6.92 Å². The Bertz CT molecular complexity index is 825. The highest BCUT2D eigenvalue weighted by Gasteiger charge is 2.25. The van der Waals surface area contributed by atoms with Crippen molar-refractivity contribution in [2.75, 3.05) is 14.2 Å². The van der Waals surface area contributed by atoms with Crippen molar-refractivity contribution in [1.29, 1.82) is 0 Å². The van der Waals surface area contributed by atoms with Gasteiger partial charge in [0, 0.05) is 6.42 Å². The SMILES string of the molecule is CCCCC(=O)O[C@@H](C)[C@H](C)OC(=O)[C@@H](N)Cc1ccc(OC(=O)OC)c(OC(=O)OC)c1. The van der Waals surface area contributed by atoms with E-state index >= 15 is 0 Å². The van der Waals surface area contributed by atoms with Gasteiger partial charge in [-0.3, -0.25) is 9.59 Å². The molecule has 0 unspecified atom stereocenters. The summed E-state index contributed by atoms with van der Waals surface area (Å²) in [6.07, 6.45) is -1.50. The van der Waals surface area contributed by atoms with Gasteiger partial charge in [-0.05, 0) is 44.4 Å². The molecule has 3 atom stereocenters. The van der Waals surface area contributed by atoms with Gasteiger partial charge in [0.1, 0.15) is 18.2 Å². The second-order valence-corrected chi connectivity index (χ2v) is 7.14. The first kappa shape index (κ1) is 27.7. The summed E-state index contributed by atoms with van der Waals surface area (Å²) in [5.41, 5.74) is 6.45. The minimum absolute atomic E-state index is 0.0201. The highest BCUT2D eigenvalue weighted by Crippen LogP contribution is 2.30. The Kier molecular flexibility index (Phi) is 11.7. The average Bonchev–Trinajstić information content (AvgIpc) is 2.78. The maximum Gasteiger partial charge on any atom is 0.513 e. The molecule has 0 aliphatic carbocycles. The smallest absolute Gasteiger partial charge is 0.459 e. The predicted molar refractivity (Wildman–Crippen MR) is 115 cm³/mol. The van der Waals surface area contributed by atoms with Crippen LogP contribution in [0.2, 0.25) is 0 Å². The first-order valence-electron chi connectivity index (χ1n) is 10.4. The standard InChI is InChI=1S/C22H31NO10/c1-6-7-8-19(24)30-13(2)14(3)31-20(25)16(23)11-15-9-10-17(32-21(26)28-4)18(12-15)33-22(27)29-5/h9-10,12-14,16H,6-8,11,23H2,1-5H3/t13-,14-,16-/m0/s1. The zero-order valence-electron chi connectivity index (χ0n) is 19.5. The summed E-state index contributed by atoms with van der Waals surface area (Å²) < 4.78 is 29.4. The van der Waals surface area contributed by atoms with Gasteiger partial charge in [0.25, 0.3) is 0 Å². The van der Waals surface area contributed by atoms with Crippen LogP contribution in [0.15, 0.2) is 18.2 Å². The van der Waals surface area contributed by atoms with Crippen LogP contribution in [-0.2, 0) is 35.0 Å². The van der Waals surface area contributed by atoms with E-state index in [0.29, 0.717) is 12.0 Å². The summed E-state index contributed by atoms with van der Waals surface area (Å²) in [4.78, 5) is 47.0. The number of benzene rings is 1. The molecule has 1 aromatic rings. The van der Waals surface area contributed by atoms with Gasteiger partial charge in [0.15, 0.2) is 11.5 Å². The third kappa shape index (κ3) is 9.77. The molecule has 1 rings (SSSR count). The Labute approximate surface area is 192 Å². The van der Waals surface area contributed by atoms with E-state index in [2.05, 4.69) is 9.47 Å². The van der Waals surface area contributed by atoms with E-state index in [4.69, 9.17) is 24.7 Å². The topological polar surface area (TPSA) is 150 Å². The number of nitrogens with two attached hydrogens (primary N) is 1. The van der Waals surface area contributed by atoms with E-state index < -0.39 is 36.5 Å². The summed E-state index contributed by atoms with van der Waals surface area (Å²) in [6, 6.07) is 3.18. The second-order valence-electron chi connectivity index (χ2n) is 7.14. The van der Waals surface area contributed by atoms with Crippen molar-refractivity contribution < 1.29 is 47.6 Å². The largest absolute Gasteiger partial charge is 0.513 e. The summed E-state index contributed by atoms with van der Waals surface area (Å²) in [5.74, 6) is -1.29. The number of carbonyl (C=O) groups is 4. The maximum atomic E-state index is 12.4. The molecule has 0 heterocycles. The Hall–Kier alpha value is -3.34. The van der Waals surface area contributed by atoms with Crippen LogP contribution >= 0.6 is 0 Å². The number of hydrogen-bond acceptors (Lipinski definition) is 11. The molecule has 0 aromatic heterocycles. The molecule has 2 N–H and O–H groups in total. The van der Waals surface area contributed by atoms with Crippen molar-refractivity contribution in [3.63, 3.8) is 0 Å². The molecular formula is C22H31NO10. The first-order valence-corrected chi connectivity index (χ1v) is 10.4. The molecule has 0 aliphatic heterocycles. The third-order valence-corrected chi connectivity index (χ3v) is 4.50. The molecule has 0 amide bonds. The van der Waals surface area contributed by atoms with E-state index in [-0.39, 0.29) is 23.9 Å². The molecule has 0 saturated carbocycles. The summed E-state index contributed by atoms with van der Waals surface area (Å²) >= 11 is 0. The third-order valence-electron chi connectivity index (χ3n) is 4.50. The summed E-state index contributed by atoms with van der Waals surface area (Å²) in [7, 11) is 2.23. The van der Waals surface area contributed by atoms with Gasteiger partial charge in [-0.1, -0.05) is 19.4 Å². The fourth-order valence-electron chi connectivity index (χ4n) is 2.49. The Morgan fingerprint density at radius 1 is 0.909 bits per heavy atom. The van der Waals surface area contributed by atoms with Gasteiger partial charge in [-0.15, -0.1) is 0 Å². The molecule has 0 spiro atoms. The zero-order chi connectivity index (χ0) is 25.0. The summed E-state index contributed by atoms with van der Waals surface area (Å²) in [5, 5.41) is 0. The first-order chi connectivity index (χ1) is 15.6. The van der Waals surface area contributed by atoms with Gasteiger partial charge >= 0.3 is 24.2 Å². The average molecular weight is 469 g/mol. The van der Waals surface area contributed by atoms with Crippen LogP contribution in [0.5, 0.6) is 11.5 Å². The molecule has 0 aliphatic rings. The molecule has 33 heavy (non-hydrogen) atoms. The monoisotopic (exact) mass is 469 g/mol. The minimum atomic E-state index is -1.06. The van der Waals surface area contributed by atoms with Crippen LogP contribution in [0.1, 0.15) is 45.6 Å². The van der Waals surface area contributed by atoms with Crippen LogP contribution in [0.25, 0.3) is 0 Å². The lowest BCUT2D eigenvalue weighted by atomic mass is 10.1. The van der Waals surface area contributed by atoms with Crippen LogP contribution in [0, 0.1) is 0 Å². The van der Waals surface area contributed by atoms with Gasteiger partial charge in [0.2, 0.25) is 0 Å². The zero-order valence-corrected chi connectivity index (χ0v) is 19.5. The van der Waals surface area contributed by atoms with Crippen molar-refractivity contribution in [3.05, 3.63) is 23.8 Å². The van der Waals surface area contributed by atoms with E-state index in [0.717, 1.165) is 27.1 Å². The van der Waals surface area contributed by atoms with Crippen molar-refractivity contribution in [3.8, 4) is 11.5 Å². The van der Waals surface area contributed by atoms with Gasteiger partial charge in [0.05, 0.1) is 14.2 Å². The van der Waals surface area contributed by atoms with E-state index in [9.17, 15) is 19.2 Å². The molecular weight excluding hydrogens is 438 g/mol. The molecule has 184 valence electrons. The number of carbonyl (C=O) groups excluding carboxylic acids is 4. The van der Waals surface area contributed by atoms with Gasteiger partial charge in [-0.25, -0.2) is 9.59 Å². The predicted octanol–water partition coefficient (Wildman–Crippen LogP) is 2.90. The Balaban J connectivity index is 2.79. The molecule has 11 heteroatoms. The van der Waals surface area contributed by atoms with E-state index in [1.54, 1.807) is 13.8 Å². The number of methoxy groups -OCH3 is 2. The quantitative estimate of drug-likeness (QED) is 0.289. The van der Waals surface area contributed by atoms with Crippen molar-refractivity contribution in [2.24, 2.45) is 5.73 Å². The normalized spacial score (nSPS) is 13.2. The number of hydrogen-bond donors (Lipinski definition) is 1. The second kappa shape index (κ2) is 13.9. The lowest BCUT2D eigenvalue weighted by Crippen LogP contribution is -2.39. The number of rotatable bonds is 11. The maximum absolute atomic E-state index is 12.4. The van der Waals surface area contributed by atoms with Crippen molar-refractivity contribution >= 4 is 24.2 Å². The van der Waals surface area contributed by atoms with Crippen LogP contribution in [0.3, 0.4) is 0 Å². The number of ether oxygens (including phenoxy) is 6. The minimum Gasteiger partial charge on any atom is -0.459 e. The van der Waals surface area contributed by atoms with Crippen molar-refractivity contribution in [1.82, 2.24) is 0 Å². The lowest BCUT2D eigenvalue weighted by Gasteiger charge is -2.22. The Morgan fingerprint density at radius 3 is 2.06 bits per heavy atom. The summed E-state index contributed by atoms with van der Waals surface area (Å²) in [6.45, 7) is 5.19. The van der Waals surface area contributed by atoms with Gasteiger partial charge in [-0.2, -0.15) is 0 Å². The van der Waals surface area contributed by atoms with E-state index in [1.165, 1.54) is 18.2 Å². The number of esters is 2. The lowest BCUT2D eigenvalue weighted by molar-refractivity contribution is -0.166. The number of unbranched alkanes of at least 4 members (excludes halogenated alkanes) is 1. The highest BCUT2D eigenvalue weighted by atomic mass is 16.7. The molecule has 0 bridgehead atoms. The molecule has 11 nitrogen and oxygen atoms in total. The molecule has 1 aromatic carbocycles. The fourth-order valence-corrected chi connectivity index (χ4v) is 2.49.